The number of carbonyl (C=O) groups excluding carboxylic acids is 2. The van der Waals surface area contributed by atoms with E-state index in [1.165, 1.54) is 16.7 Å². The van der Waals surface area contributed by atoms with Gasteiger partial charge in [-0.2, -0.15) is 0 Å². The molecule has 0 radical (unpaired) electrons. The third kappa shape index (κ3) is 3.19. The number of nitrogens with zero attached hydrogens (tertiary/aromatic N) is 2. The van der Waals surface area contributed by atoms with E-state index < -0.39 is 34.6 Å². The molecule has 3 unspecified atom stereocenters. The summed E-state index contributed by atoms with van der Waals surface area (Å²) >= 11 is 1.53. The van der Waals surface area contributed by atoms with Crippen LogP contribution < -0.4 is 0 Å². The number of amides is 2. The van der Waals surface area contributed by atoms with Crippen molar-refractivity contribution < 1.29 is 24.6 Å². The highest BCUT2D eigenvalue weighted by Crippen LogP contribution is 2.68. The van der Waals surface area contributed by atoms with Crippen LogP contribution in [-0.4, -0.2) is 79.6 Å². The van der Waals surface area contributed by atoms with Crippen LogP contribution in [0.2, 0.25) is 0 Å². The van der Waals surface area contributed by atoms with Gasteiger partial charge in [0.15, 0.2) is 0 Å². The van der Waals surface area contributed by atoms with Crippen molar-refractivity contribution in [3.05, 3.63) is 12.7 Å². The van der Waals surface area contributed by atoms with E-state index >= 15 is 0 Å². The van der Waals surface area contributed by atoms with Crippen LogP contribution in [0.5, 0.6) is 0 Å². The van der Waals surface area contributed by atoms with Crippen molar-refractivity contribution >= 4 is 29.5 Å². The van der Waals surface area contributed by atoms with Crippen LogP contribution in [0.4, 0.5) is 0 Å². The normalized spacial score (nSPS) is 36.2. The maximum atomic E-state index is 13.8. The molecule has 0 aromatic rings. The van der Waals surface area contributed by atoms with E-state index in [0.717, 1.165) is 12.8 Å². The van der Waals surface area contributed by atoms with Gasteiger partial charge >= 0.3 is 5.97 Å². The van der Waals surface area contributed by atoms with E-state index in [4.69, 9.17) is 0 Å². The predicted molar refractivity (Wildman–Crippen MR) is 111 cm³/mol. The monoisotopic (exact) mass is 424 g/mol. The molecule has 3 heterocycles. The molecule has 3 saturated heterocycles. The molecule has 0 aromatic carbocycles. The lowest BCUT2D eigenvalue weighted by molar-refractivity contribution is -0.149. The minimum atomic E-state index is -0.965. The second-order valence-electron chi connectivity index (χ2n) is 8.59. The van der Waals surface area contributed by atoms with Gasteiger partial charge in [0.1, 0.15) is 6.04 Å². The van der Waals surface area contributed by atoms with Gasteiger partial charge in [0.05, 0.1) is 29.2 Å². The lowest BCUT2D eigenvalue weighted by Gasteiger charge is -2.41. The standard InChI is InChI=1S/C21H32N2O5S/c1-5-7-9-22(8-6-2)19(26)17-21-12(3)10-14(29-21)15(20(27)28)16(21)18(25)23(17)13(4)11-24/h6,12-17,24H,2,5,7-11H2,1,3-4H3,(H,27,28)/t12?,13-,14-,15+,16+,17?,21?/m1/s1. The zero-order valence-electron chi connectivity index (χ0n) is 17.4. The zero-order valence-corrected chi connectivity index (χ0v) is 18.2. The minimum absolute atomic E-state index is 0.0450. The van der Waals surface area contributed by atoms with E-state index in [1.54, 1.807) is 17.9 Å². The largest absolute Gasteiger partial charge is 0.481 e. The average Bonchev–Trinajstić information content (AvgIpc) is 3.27. The van der Waals surface area contributed by atoms with Gasteiger partial charge in [-0.15, -0.1) is 18.3 Å². The van der Waals surface area contributed by atoms with Crippen molar-refractivity contribution in [1.29, 1.82) is 0 Å². The number of likely N-dealkylation sites (tertiary alicyclic amines) is 1. The van der Waals surface area contributed by atoms with Crippen LogP contribution in [0, 0.1) is 17.8 Å². The van der Waals surface area contributed by atoms with Crippen LogP contribution >= 0.6 is 11.8 Å². The molecule has 7 atom stereocenters. The summed E-state index contributed by atoms with van der Waals surface area (Å²) in [7, 11) is 0. The van der Waals surface area contributed by atoms with Crippen molar-refractivity contribution in [2.45, 2.75) is 62.1 Å². The quantitative estimate of drug-likeness (QED) is 0.546. The topological polar surface area (TPSA) is 98.2 Å². The molecule has 3 aliphatic heterocycles. The second kappa shape index (κ2) is 8.30. The van der Waals surface area contributed by atoms with E-state index in [1.807, 2.05) is 6.92 Å². The molecule has 8 heteroatoms. The highest BCUT2D eigenvalue weighted by atomic mass is 32.2. The Balaban J connectivity index is 2.08. The number of rotatable bonds is 9. The van der Waals surface area contributed by atoms with Gasteiger partial charge in [-0.1, -0.05) is 26.3 Å². The van der Waals surface area contributed by atoms with Crippen molar-refractivity contribution in [2.75, 3.05) is 19.7 Å². The van der Waals surface area contributed by atoms with Gasteiger partial charge in [-0.05, 0) is 25.7 Å². The number of carboxylic acid groups (broad SMARTS) is 1. The molecule has 2 bridgehead atoms. The Kier molecular flexibility index (Phi) is 6.34. The van der Waals surface area contributed by atoms with Crippen molar-refractivity contribution in [1.82, 2.24) is 9.80 Å². The SMILES string of the molecule is C=CCN(CCCC)C(=O)C1N([C@H](C)CO)C(=O)[C@@H]2[C@@H](C(=O)O)[C@H]3CC(C)C12S3. The predicted octanol–water partition coefficient (Wildman–Crippen LogP) is 1.60. The minimum Gasteiger partial charge on any atom is -0.481 e. The number of hydrogen-bond donors (Lipinski definition) is 2. The van der Waals surface area contributed by atoms with E-state index in [-0.39, 0.29) is 29.6 Å². The number of aliphatic hydroxyl groups is 1. The van der Waals surface area contributed by atoms with Gasteiger partial charge in [-0.3, -0.25) is 14.4 Å². The highest BCUT2D eigenvalue weighted by Gasteiger charge is 2.76. The Morgan fingerprint density at radius 3 is 2.72 bits per heavy atom. The van der Waals surface area contributed by atoms with Gasteiger partial charge < -0.3 is 20.0 Å². The third-order valence-corrected chi connectivity index (χ3v) is 8.96. The number of thioether (sulfide) groups is 1. The van der Waals surface area contributed by atoms with Crippen molar-refractivity contribution in [2.24, 2.45) is 17.8 Å². The first-order chi connectivity index (χ1) is 13.8. The number of unbranched alkanes of at least 4 members (excludes halogenated alkanes) is 1. The van der Waals surface area contributed by atoms with Crippen LogP contribution in [0.1, 0.15) is 40.0 Å². The van der Waals surface area contributed by atoms with Crippen LogP contribution in [0.25, 0.3) is 0 Å². The Morgan fingerprint density at radius 1 is 1.48 bits per heavy atom. The van der Waals surface area contributed by atoms with E-state index in [2.05, 4.69) is 13.5 Å². The number of carboxylic acids is 1. The van der Waals surface area contributed by atoms with Gasteiger partial charge in [0.2, 0.25) is 11.8 Å². The Bertz CT molecular complexity index is 701. The van der Waals surface area contributed by atoms with Gasteiger partial charge in [-0.25, -0.2) is 0 Å². The van der Waals surface area contributed by atoms with E-state index in [0.29, 0.717) is 19.5 Å². The molecule has 3 aliphatic rings. The van der Waals surface area contributed by atoms with Gasteiger partial charge in [0, 0.05) is 18.3 Å². The fourth-order valence-electron chi connectivity index (χ4n) is 5.55. The molecule has 162 valence electrons. The number of aliphatic carboxylic acids is 1. The summed E-state index contributed by atoms with van der Waals surface area (Å²) in [6, 6.07) is -1.30. The molecule has 0 aromatic heterocycles. The second-order valence-corrected chi connectivity index (χ2v) is 10.1. The summed E-state index contributed by atoms with van der Waals surface area (Å²) in [6.45, 7) is 10.3. The summed E-state index contributed by atoms with van der Waals surface area (Å²) in [6.07, 6.45) is 4.15. The smallest absolute Gasteiger partial charge is 0.308 e. The average molecular weight is 425 g/mol. The third-order valence-electron chi connectivity index (χ3n) is 6.88. The molecular formula is C21H32N2O5S. The maximum Gasteiger partial charge on any atom is 0.308 e. The molecule has 29 heavy (non-hydrogen) atoms. The molecule has 0 aliphatic carbocycles. The lowest BCUT2D eigenvalue weighted by Crippen LogP contribution is -2.58. The van der Waals surface area contributed by atoms with E-state index in [9.17, 15) is 24.6 Å². The molecule has 2 N–H and O–H groups in total. The molecule has 2 amide bonds. The van der Waals surface area contributed by atoms with Crippen LogP contribution in [0.15, 0.2) is 12.7 Å². The highest BCUT2D eigenvalue weighted by molar-refractivity contribution is 8.02. The summed E-state index contributed by atoms with van der Waals surface area (Å²) in [4.78, 5) is 42.6. The Labute approximate surface area is 176 Å². The summed E-state index contributed by atoms with van der Waals surface area (Å²) in [5, 5.41) is 19.5. The number of hydrogen-bond acceptors (Lipinski definition) is 5. The summed E-state index contributed by atoms with van der Waals surface area (Å²) < 4.78 is -0.753. The lowest BCUT2D eigenvalue weighted by atomic mass is 9.66. The first kappa shape index (κ1) is 22.2. The molecular weight excluding hydrogens is 392 g/mol. The molecule has 0 saturated carbocycles. The molecule has 3 fully saturated rings. The molecule has 7 nitrogen and oxygen atoms in total. The zero-order chi connectivity index (χ0) is 21.5. The van der Waals surface area contributed by atoms with Crippen LogP contribution in [-0.2, 0) is 14.4 Å². The first-order valence-corrected chi connectivity index (χ1v) is 11.4. The Morgan fingerprint density at radius 2 is 2.17 bits per heavy atom. The maximum absolute atomic E-state index is 13.8. The molecule has 3 rings (SSSR count). The van der Waals surface area contributed by atoms with Crippen LogP contribution in [0.3, 0.4) is 0 Å². The first-order valence-electron chi connectivity index (χ1n) is 10.5. The van der Waals surface area contributed by atoms with Crippen molar-refractivity contribution in [3.8, 4) is 0 Å². The number of aliphatic hydroxyl groups excluding tert-OH is 1. The summed E-state index contributed by atoms with van der Waals surface area (Å²) in [5.41, 5.74) is 0. The number of fused-ring (bicyclic) bond motifs is 1. The van der Waals surface area contributed by atoms with Gasteiger partial charge in [0.25, 0.3) is 0 Å². The van der Waals surface area contributed by atoms with Crippen molar-refractivity contribution in [3.63, 3.8) is 0 Å². The number of carbonyl (C=O) groups is 3. The Hall–Kier alpha value is -1.54. The fraction of sp³-hybridized carbons (Fsp3) is 0.762. The summed E-state index contributed by atoms with van der Waals surface area (Å²) in [5.74, 6) is -2.87. The molecule has 1 spiro atoms. The fourth-order valence-corrected chi connectivity index (χ4v) is 7.95.